The molecule has 0 spiro atoms. The molecule has 0 aliphatic heterocycles. The number of hydrogen-bond acceptors (Lipinski definition) is 3. The Balaban J connectivity index is 1.80. The van der Waals surface area contributed by atoms with E-state index in [0.717, 1.165) is 22.2 Å². The van der Waals surface area contributed by atoms with Crippen LogP contribution in [-0.2, 0) is 6.61 Å². The fourth-order valence-corrected chi connectivity index (χ4v) is 1.99. The van der Waals surface area contributed by atoms with Gasteiger partial charge < -0.3 is 4.74 Å². The van der Waals surface area contributed by atoms with Crippen LogP contribution in [-0.4, -0.2) is 9.97 Å². The van der Waals surface area contributed by atoms with Crippen LogP contribution < -0.4 is 4.74 Å². The SMILES string of the molecule is Clc1cnccc1COc1cnc2ccccc2c1. The lowest BCUT2D eigenvalue weighted by Gasteiger charge is -2.07. The minimum absolute atomic E-state index is 0.404. The topological polar surface area (TPSA) is 35.0 Å². The minimum atomic E-state index is 0.404. The van der Waals surface area contributed by atoms with E-state index in [2.05, 4.69) is 9.97 Å². The molecule has 0 saturated carbocycles. The van der Waals surface area contributed by atoms with Gasteiger partial charge in [-0.05, 0) is 18.2 Å². The molecular formula is C15H11ClN2O. The van der Waals surface area contributed by atoms with Crippen molar-refractivity contribution in [3.63, 3.8) is 0 Å². The standard InChI is InChI=1S/C15H11ClN2O/c16-14-9-17-6-5-12(14)10-19-13-7-11-3-1-2-4-15(11)18-8-13/h1-9H,10H2. The fraction of sp³-hybridized carbons (Fsp3) is 0.0667. The summed E-state index contributed by atoms with van der Waals surface area (Å²) < 4.78 is 5.71. The van der Waals surface area contributed by atoms with Gasteiger partial charge in [0.05, 0.1) is 16.7 Å². The number of aromatic nitrogens is 2. The summed E-state index contributed by atoms with van der Waals surface area (Å²) in [6.07, 6.45) is 5.03. The number of ether oxygens (including phenoxy) is 1. The van der Waals surface area contributed by atoms with Gasteiger partial charge in [-0.1, -0.05) is 29.8 Å². The van der Waals surface area contributed by atoms with Crippen molar-refractivity contribution in [3.05, 3.63) is 65.6 Å². The average molecular weight is 271 g/mol. The van der Waals surface area contributed by atoms with E-state index in [4.69, 9.17) is 16.3 Å². The Morgan fingerprint density at radius 1 is 1.11 bits per heavy atom. The predicted molar refractivity (Wildman–Crippen MR) is 75.3 cm³/mol. The van der Waals surface area contributed by atoms with Gasteiger partial charge in [0.1, 0.15) is 12.4 Å². The van der Waals surface area contributed by atoms with Gasteiger partial charge in [0, 0.05) is 23.3 Å². The second kappa shape index (κ2) is 5.24. The predicted octanol–water partition coefficient (Wildman–Crippen LogP) is 3.86. The first-order valence-electron chi connectivity index (χ1n) is 5.89. The molecule has 1 aromatic carbocycles. The van der Waals surface area contributed by atoms with Crippen LogP contribution in [0.2, 0.25) is 5.02 Å². The van der Waals surface area contributed by atoms with Crippen molar-refractivity contribution in [2.24, 2.45) is 0 Å². The Morgan fingerprint density at radius 3 is 2.89 bits per heavy atom. The van der Waals surface area contributed by atoms with Gasteiger partial charge in [0.25, 0.3) is 0 Å². The van der Waals surface area contributed by atoms with E-state index in [1.165, 1.54) is 0 Å². The summed E-state index contributed by atoms with van der Waals surface area (Å²) in [6.45, 7) is 0.404. The third kappa shape index (κ3) is 2.66. The molecule has 3 rings (SSSR count). The van der Waals surface area contributed by atoms with Crippen LogP contribution >= 0.6 is 11.6 Å². The van der Waals surface area contributed by atoms with Gasteiger partial charge in [0.2, 0.25) is 0 Å². The molecule has 0 atom stereocenters. The van der Waals surface area contributed by atoms with E-state index in [1.807, 2.05) is 36.4 Å². The first kappa shape index (κ1) is 11.9. The summed E-state index contributed by atoms with van der Waals surface area (Å²) in [5, 5.41) is 1.66. The van der Waals surface area contributed by atoms with Crippen LogP contribution in [0.25, 0.3) is 10.9 Å². The highest BCUT2D eigenvalue weighted by atomic mass is 35.5. The van der Waals surface area contributed by atoms with Crippen LogP contribution in [0, 0.1) is 0 Å². The second-order valence-corrected chi connectivity index (χ2v) is 4.53. The zero-order chi connectivity index (χ0) is 13.1. The van der Waals surface area contributed by atoms with E-state index in [0.29, 0.717) is 11.6 Å². The molecule has 2 heterocycles. The minimum Gasteiger partial charge on any atom is -0.487 e. The number of hydrogen-bond donors (Lipinski definition) is 0. The number of nitrogens with zero attached hydrogens (tertiary/aromatic N) is 2. The number of benzene rings is 1. The Bertz CT molecular complexity index is 715. The van der Waals surface area contributed by atoms with Crippen molar-refractivity contribution in [2.45, 2.75) is 6.61 Å². The molecule has 0 aliphatic carbocycles. The van der Waals surface area contributed by atoms with Crippen molar-refractivity contribution >= 4 is 22.5 Å². The van der Waals surface area contributed by atoms with Gasteiger partial charge in [-0.15, -0.1) is 0 Å². The maximum atomic E-state index is 6.03. The van der Waals surface area contributed by atoms with Crippen molar-refractivity contribution in [1.29, 1.82) is 0 Å². The molecule has 0 bridgehead atoms. The number of para-hydroxylation sites is 1. The summed E-state index contributed by atoms with van der Waals surface area (Å²) in [4.78, 5) is 8.29. The lowest BCUT2D eigenvalue weighted by molar-refractivity contribution is 0.305. The highest BCUT2D eigenvalue weighted by molar-refractivity contribution is 6.31. The maximum absolute atomic E-state index is 6.03. The summed E-state index contributed by atoms with van der Waals surface area (Å²) >= 11 is 6.03. The summed E-state index contributed by atoms with van der Waals surface area (Å²) in [5.41, 5.74) is 1.86. The Morgan fingerprint density at radius 2 is 2.00 bits per heavy atom. The van der Waals surface area contributed by atoms with Gasteiger partial charge in [-0.2, -0.15) is 0 Å². The van der Waals surface area contributed by atoms with E-state index in [9.17, 15) is 0 Å². The largest absolute Gasteiger partial charge is 0.487 e. The maximum Gasteiger partial charge on any atom is 0.138 e. The lowest BCUT2D eigenvalue weighted by Crippen LogP contribution is -1.97. The van der Waals surface area contributed by atoms with Crippen LogP contribution in [0.5, 0.6) is 5.75 Å². The first-order valence-corrected chi connectivity index (χ1v) is 6.27. The van der Waals surface area contributed by atoms with Gasteiger partial charge in [-0.25, -0.2) is 0 Å². The Labute approximate surface area is 115 Å². The van der Waals surface area contributed by atoms with Crippen LogP contribution in [0.15, 0.2) is 55.0 Å². The molecule has 3 aromatic rings. The fourth-order valence-electron chi connectivity index (χ4n) is 1.81. The molecular weight excluding hydrogens is 260 g/mol. The van der Waals surface area contributed by atoms with Crippen molar-refractivity contribution < 1.29 is 4.74 Å². The molecule has 0 unspecified atom stereocenters. The molecule has 19 heavy (non-hydrogen) atoms. The van der Waals surface area contributed by atoms with E-state index < -0.39 is 0 Å². The monoisotopic (exact) mass is 270 g/mol. The van der Waals surface area contributed by atoms with Crippen molar-refractivity contribution in [3.8, 4) is 5.75 Å². The molecule has 0 saturated heterocycles. The highest BCUT2D eigenvalue weighted by Crippen LogP contribution is 2.20. The highest BCUT2D eigenvalue weighted by Gasteiger charge is 2.02. The van der Waals surface area contributed by atoms with Gasteiger partial charge >= 0.3 is 0 Å². The summed E-state index contributed by atoms with van der Waals surface area (Å²) in [5.74, 6) is 0.728. The molecule has 2 aromatic heterocycles. The second-order valence-electron chi connectivity index (χ2n) is 4.12. The van der Waals surface area contributed by atoms with Gasteiger partial charge in [0.15, 0.2) is 0 Å². The van der Waals surface area contributed by atoms with Crippen molar-refractivity contribution in [2.75, 3.05) is 0 Å². The van der Waals surface area contributed by atoms with Gasteiger partial charge in [-0.3, -0.25) is 9.97 Å². The van der Waals surface area contributed by atoms with E-state index >= 15 is 0 Å². The zero-order valence-electron chi connectivity index (χ0n) is 10.1. The van der Waals surface area contributed by atoms with Crippen LogP contribution in [0.3, 0.4) is 0 Å². The number of pyridine rings is 2. The third-order valence-electron chi connectivity index (χ3n) is 2.82. The lowest BCUT2D eigenvalue weighted by atomic mass is 10.2. The molecule has 4 heteroatoms. The third-order valence-corrected chi connectivity index (χ3v) is 3.16. The molecule has 94 valence electrons. The Kier molecular flexibility index (Phi) is 3.29. The van der Waals surface area contributed by atoms with Crippen molar-refractivity contribution in [1.82, 2.24) is 9.97 Å². The van der Waals surface area contributed by atoms with Crippen LogP contribution in [0.4, 0.5) is 0 Å². The van der Waals surface area contributed by atoms with E-state index in [-0.39, 0.29) is 0 Å². The number of halogens is 1. The molecule has 0 aliphatic rings. The molecule has 0 radical (unpaired) electrons. The smallest absolute Gasteiger partial charge is 0.138 e. The number of rotatable bonds is 3. The average Bonchev–Trinajstić information content (AvgIpc) is 2.46. The molecule has 0 amide bonds. The Hall–Kier alpha value is -2.13. The number of fused-ring (bicyclic) bond motifs is 1. The van der Waals surface area contributed by atoms with E-state index in [1.54, 1.807) is 18.6 Å². The summed E-state index contributed by atoms with van der Waals surface area (Å²) in [7, 11) is 0. The zero-order valence-corrected chi connectivity index (χ0v) is 10.8. The molecule has 0 N–H and O–H groups in total. The molecule has 0 fully saturated rings. The van der Waals surface area contributed by atoms with Crippen LogP contribution in [0.1, 0.15) is 5.56 Å². The first-order chi connectivity index (χ1) is 9.33. The normalized spacial score (nSPS) is 10.6. The quantitative estimate of drug-likeness (QED) is 0.725. The summed E-state index contributed by atoms with van der Waals surface area (Å²) in [6, 6.07) is 11.7. The molecule has 3 nitrogen and oxygen atoms in total.